The van der Waals surface area contributed by atoms with E-state index in [9.17, 15) is 23.2 Å². The third kappa shape index (κ3) is 5.49. The van der Waals surface area contributed by atoms with Crippen LogP contribution in [0.3, 0.4) is 0 Å². The largest absolute Gasteiger partial charge is 0.533 e. The van der Waals surface area contributed by atoms with E-state index in [0.717, 1.165) is 6.07 Å². The number of furan rings is 1. The average Bonchev–Trinajstić information content (AvgIpc) is 3.24. The molecular weight excluding hydrogens is 539 g/mol. The van der Waals surface area contributed by atoms with Crippen LogP contribution in [0.1, 0.15) is 27.6 Å². The van der Waals surface area contributed by atoms with Gasteiger partial charge in [-0.3, -0.25) is 14.6 Å². The van der Waals surface area contributed by atoms with Gasteiger partial charge in [-0.15, -0.1) is 0 Å². The predicted octanol–water partition coefficient (Wildman–Crippen LogP) is 5.96. The maximum absolute atomic E-state index is 13.2. The standard InChI is InChI=1S/C23H15Cl2F2N3O7/c1-2-34-23(33)37-30-20(31)10-3-5-15-12(7-10)17-11(4-6-16(19(17)35-15)36-22(26)27)21(32)29-18-13(24)8-28-9-14(18)25/h3-9,22H,2H2,1H3,(H,30,31)(H,28,29,32). The van der Waals surface area contributed by atoms with Crippen LogP contribution in [0.2, 0.25) is 10.0 Å². The van der Waals surface area contributed by atoms with Gasteiger partial charge in [-0.2, -0.15) is 14.3 Å². The Hall–Kier alpha value is -4.16. The molecule has 192 valence electrons. The molecule has 0 unspecified atom stereocenters. The van der Waals surface area contributed by atoms with Crippen LogP contribution < -0.4 is 15.5 Å². The van der Waals surface area contributed by atoms with Crippen molar-refractivity contribution in [3.05, 3.63) is 63.9 Å². The van der Waals surface area contributed by atoms with E-state index < -0.39 is 24.6 Å². The number of fused-ring (bicyclic) bond motifs is 3. The number of pyridine rings is 1. The zero-order valence-electron chi connectivity index (χ0n) is 18.6. The summed E-state index contributed by atoms with van der Waals surface area (Å²) in [6, 6.07) is 6.41. The molecule has 4 rings (SSSR count). The highest BCUT2D eigenvalue weighted by atomic mass is 35.5. The first-order valence-electron chi connectivity index (χ1n) is 10.4. The number of hydrogen-bond acceptors (Lipinski definition) is 8. The van der Waals surface area contributed by atoms with Gasteiger partial charge in [-0.1, -0.05) is 23.2 Å². The summed E-state index contributed by atoms with van der Waals surface area (Å²) in [6.07, 6.45) is 1.43. The van der Waals surface area contributed by atoms with Gasteiger partial charge in [-0.25, -0.2) is 4.79 Å². The lowest BCUT2D eigenvalue weighted by Gasteiger charge is -2.11. The molecule has 14 heteroatoms. The Labute approximate surface area is 216 Å². The molecule has 2 aromatic heterocycles. The molecule has 10 nitrogen and oxygen atoms in total. The fourth-order valence-corrected chi connectivity index (χ4v) is 3.84. The number of nitrogens with zero attached hydrogens (tertiary/aromatic N) is 1. The first kappa shape index (κ1) is 25.9. The van der Waals surface area contributed by atoms with Gasteiger partial charge in [0, 0.05) is 28.7 Å². The lowest BCUT2D eigenvalue weighted by atomic mass is 10.0. The van der Waals surface area contributed by atoms with E-state index >= 15 is 0 Å². The summed E-state index contributed by atoms with van der Waals surface area (Å²) < 4.78 is 40.9. The first-order valence-corrected chi connectivity index (χ1v) is 11.1. The van der Waals surface area contributed by atoms with Crippen molar-refractivity contribution in [1.29, 1.82) is 0 Å². The number of aromatic nitrogens is 1. The van der Waals surface area contributed by atoms with E-state index in [1.807, 2.05) is 5.48 Å². The summed E-state index contributed by atoms with van der Waals surface area (Å²) in [5, 5.41) is 2.95. The van der Waals surface area contributed by atoms with E-state index in [2.05, 4.69) is 24.6 Å². The van der Waals surface area contributed by atoms with Crippen LogP contribution in [0.25, 0.3) is 21.9 Å². The minimum atomic E-state index is -3.17. The Morgan fingerprint density at radius 3 is 2.49 bits per heavy atom. The molecule has 0 aliphatic heterocycles. The number of carbonyl (C=O) groups excluding carboxylic acids is 3. The Kier molecular flexibility index (Phi) is 7.60. The van der Waals surface area contributed by atoms with Gasteiger partial charge in [0.2, 0.25) is 0 Å². The molecule has 0 saturated heterocycles. The number of anilines is 1. The number of nitrogens with one attached hydrogen (secondary N) is 2. The molecule has 0 radical (unpaired) electrons. The Morgan fingerprint density at radius 1 is 1.08 bits per heavy atom. The van der Waals surface area contributed by atoms with Crippen LogP contribution in [0.15, 0.2) is 47.1 Å². The number of halogens is 4. The van der Waals surface area contributed by atoms with E-state index in [-0.39, 0.29) is 61.2 Å². The quantitative estimate of drug-likeness (QED) is 0.221. The number of benzene rings is 2. The smallest absolute Gasteiger partial charge is 0.452 e. The second-order valence-electron chi connectivity index (χ2n) is 7.16. The fourth-order valence-electron chi connectivity index (χ4n) is 3.38. The lowest BCUT2D eigenvalue weighted by Crippen LogP contribution is -2.27. The maximum atomic E-state index is 13.2. The molecule has 2 heterocycles. The van der Waals surface area contributed by atoms with Gasteiger partial charge in [0.1, 0.15) is 5.58 Å². The maximum Gasteiger partial charge on any atom is 0.533 e. The highest BCUT2D eigenvalue weighted by Gasteiger charge is 2.23. The van der Waals surface area contributed by atoms with Gasteiger partial charge in [-0.05, 0) is 37.3 Å². The molecule has 2 N–H and O–H groups in total. The van der Waals surface area contributed by atoms with Crippen LogP contribution in [0, 0.1) is 0 Å². The second-order valence-corrected chi connectivity index (χ2v) is 7.97. The summed E-state index contributed by atoms with van der Waals surface area (Å²) in [7, 11) is 0. The van der Waals surface area contributed by atoms with Crippen molar-refractivity contribution in [3.63, 3.8) is 0 Å². The Bertz CT molecular complexity index is 1510. The molecule has 2 amide bonds. The van der Waals surface area contributed by atoms with Gasteiger partial charge in [0.25, 0.3) is 11.8 Å². The molecule has 4 aromatic rings. The summed E-state index contributed by atoms with van der Waals surface area (Å²) in [5.41, 5.74) is 1.95. The number of carbonyl (C=O) groups is 3. The Balaban J connectivity index is 1.80. The zero-order valence-corrected chi connectivity index (χ0v) is 20.2. The molecule has 0 atom stereocenters. The number of rotatable bonds is 6. The van der Waals surface area contributed by atoms with Crippen LogP contribution in [-0.2, 0) is 9.57 Å². The van der Waals surface area contributed by atoms with Gasteiger partial charge in [0.15, 0.2) is 11.3 Å². The molecule has 0 aliphatic carbocycles. The van der Waals surface area contributed by atoms with Crippen molar-refractivity contribution < 1.29 is 41.9 Å². The first-order chi connectivity index (χ1) is 17.7. The van der Waals surface area contributed by atoms with Crippen molar-refractivity contribution in [3.8, 4) is 5.75 Å². The number of amides is 2. The van der Waals surface area contributed by atoms with E-state index in [4.69, 9.17) is 27.6 Å². The molecule has 2 aromatic carbocycles. The minimum Gasteiger partial charge on any atom is -0.452 e. The highest BCUT2D eigenvalue weighted by molar-refractivity contribution is 6.40. The summed E-state index contributed by atoms with van der Waals surface area (Å²) in [5.74, 6) is -1.88. The number of hydroxylamine groups is 1. The SMILES string of the molecule is CCOC(=O)ONC(=O)c1ccc2oc3c(OC(F)F)ccc(C(=O)Nc4c(Cl)cncc4Cl)c3c2c1. The monoisotopic (exact) mass is 553 g/mol. The van der Waals surface area contributed by atoms with Crippen molar-refractivity contribution in [2.75, 3.05) is 11.9 Å². The van der Waals surface area contributed by atoms with Gasteiger partial charge in [0.05, 0.1) is 27.9 Å². The molecule has 0 bridgehead atoms. The van der Waals surface area contributed by atoms with Gasteiger partial charge < -0.3 is 24.0 Å². The Morgan fingerprint density at radius 2 is 1.81 bits per heavy atom. The topological polar surface area (TPSA) is 129 Å². The summed E-state index contributed by atoms with van der Waals surface area (Å²) >= 11 is 12.2. The van der Waals surface area contributed by atoms with Crippen LogP contribution in [0.5, 0.6) is 5.75 Å². The minimum absolute atomic E-state index is 0.00809. The lowest BCUT2D eigenvalue weighted by molar-refractivity contribution is -0.0493. The molecule has 37 heavy (non-hydrogen) atoms. The third-order valence-corrected chi connectivity index (χ3v) is 5.46. The van der Waals surface area contributed by atoms with Crippen molar-refractivity contribution in [2.45, 2.75) is 13.5 Å². The van der Waals surface area contributed by atoms with Crippen LogP contribution >= 0.6 is 23.2 Å². The van der Waals surface area contributed by atoms with Crippen molar-refractivity contribution in [2.24, 2.45) is 0 Å². The molecule has 0 fully saturated rings. The van der Waals surface area contributed by atoms with Gasteiger partial charge >= 0.3 is 12.8 Å². The molecule has 0 aliphatic rings. The highest BCUT2D eigenvalue weighted by Crippen LogP contribution is 2.39. The summed E-state index contributed by atoms with van der Waals surface area (Å²) in [6.45, 7) is -1.59. The number of hydrogen-bond donors (Lipinski definition) is 2. The predicted molar refractivity (Wildman–Crippen MR) is 128 cm³/mol. The van der Waals surface area contributed by atoms with Crippen LogP contribution in [-0.4, -0.2) is 36.2 Å². The van der Waals surface area contributed by atoms with E-state index in [1.165, 1.54) is 36.7 Å². The summed E-state index contributed by atoms with van der Waals surface area (Å²) in [4.78, 5) is 45.4. The number of alkyl halides is 2. The van der Waals surface area contributed by atoms with Crippen molar-refractivity contribution >= 4 is 68.8 Å². The molecular formula is C23H15Cl2F2N3O7. The van der Waals surface area contributed by atoms with E-state index in [1.54, 1.807) is 6.92 Å². The van der Waals surface area contributed by atoms with Crippen molar-refractivity contribution in [1.82, 2.24) is 10.5 Å². The third-order valence-electron chi connectivity index (χ3n) is 4.89. The second kappa shape index (κ2) is 10.8. The average molecular weight is 554 g/mol. The molecule has 0 spiro atoms. The van der Waals surface area contributed by atoms with E-state index in [0.29, 0.717) is 0 Å². The van der Waals surface area contributed by atoms with Crippen LogP contribution in [0.4, 0.5) is 19.3 Å². The normalized spacial score (nSPS) is 11.0. The zero-order chi connectivity index (χ0) is 26.7. The molecule has 0 saturated carbocycles. The fraction of sp³-hybridized carbons (Fsp3) is 0.130. The number of ether oxygens (including phenoxy) is 2.